The van der Waals surface area contributed by atoms with Crippen molar-refractivity contribution >= 4 is 77.6 Å². The van der Waals surface area contributed by atoms with Crippen molar-refractivity contribution in [3.63, 3.8) is 0 Å². The maximum Gasteiger partial charge on any atom is 0.266 e. The number of hydrogen-bond donors (Lipinski definition) is 1. The van der Waals surface area contributed by atoms with Crippen LogP contribution in [0.4, 0.5) is 23.2 Å². The van der Waals surface area contributed by atoms with Gasteiger partial charge >= 0.3 is 0 Å². The minimum Gasteiger partial charge on any atom is -0.288 e. The third kappa shape index (κ3) is 5.28. The standard InChI is InChI=1S/C27H12BrCl2F4N3O4S/c28-12-8-14-15(11-37(26(14)35-10-12)27(39)22-16(29)2-1-3-17(22)30)25(38)23-19(33)6-7-20(24(23)34)36-42(40,41)21-9-13(31)4-5-18(21)32/h1-11,36H. The van der Waals surface area contributed by atoms with E-state index in [1.165, 1.54) is 30.5 Å². The Kier molecular flexibility index (Phi) is 7.88. The molecule has 0 atom stereocenters. The van der Waals surface area contributed by atoms with Crippen LogP contribution in [0.25, 0.3) is 11.0 Å². The summed E-state index contributed by atoms with van der Waals surface area (Å²) in [6, 6.07) is 8.59. The molecule has 7 nitrogen and oxygen atoms in total. The molecule has 15 heteroatoms. The number of aromatic nitrogens is 2. The molecule has 3 aromatic carbocycles. The highest BCUT2D eigenvalue weighted by Gasteiger charge is 2.30. The molecule has 0 aliphatic heterocycles. The number of hydrogen-bond acceptors (Lipinski definition) is 5. The van der Waals surface area contributed by atoms with E-state index in [0.29, 0.717) is 34.8 Å². The van der Waals surface area contributed by atoms with E-state index in [0.717, 1.165) is 10.8 Å². The Morgan fingerprint density at radius 1 is 0.905 bits per heavy atom. The van der Waals surface area contributed by atoms with Gasteiger partial charge in [0.1, 0.15) is 28.0 Å². The van der Waals surface area contributed by atoms with Crippen LogP contribution >= 0.6 is 39.1 Å². The molecule has 2 aromatic heterocycles. The second-order valence-electron chi connectivity index (χ2n) is 8.63. The van der Waals surface area contributed by atoms with Crippen molar-refractivity contribution in [3.05, 3.63) is 121 Å². The summed E-state index contributed by atoms with van der Waals surface area (Å²) in [5, 5.41) is -0.0187. The van der Waals surface area contributed by atoms with Crippen LogP contribution in [-0.2, 0) is 10.0 Å². The van der Waals surface area contributed by atoms with Crippen molar-refractivity contribution in [1.29, 1.82) is 0 Å². The number of carbonyl (C=O) groups excluding carboxylic acids is 2. The summed E-state index contributed by atoms with van der Waals surface area (Å²) in [6.07, 6.45) is 2.31. The van der Waals surface area contributed by atoms with Crippen molar-refractivity contribution in [2.45, 2.75) is 4.90 Å². The highest BCUT2D eigenvalue weighted by Crippen LogP contribution is 2.32. The summed E-state index contributed by atoms with van der Waals surface area (Å²) in [6.45, 7) is 0. The van der Waals surface area contributed by atoms with E-state index in [1.54, 1.807) is 4.72 Å². The van der Waals surface area contributed by atoms with E-state index >= 15 is 4.39 Å². The van der Waals surface area contributed by atoms with Crippen molar-refractivity contribution < 1.29 is 35.6 Å². The number of nitrogens with zero attached hydrogens (tertiary/aromatic N) is 2. The highest BCUT2D eigenvalue weighted by molar-refractivity contribution is 9.10. The molecule has 0 spiro atoms. The molecule has 0 radical (unpaired) electrons. The minimum atomic E-state index is -4.92. The van der Waals surface area contributed by atoms with E-state index in [2.05, 4.69) is 20.9 Å². The molecule has 42 heavy (non-hydrogen) atoms. The van der Waals surface area contributed by atoms with Crippen LogP contribution in [0.2, 0.25) is 10.0 Å². The molecule has 0 saturated heterocycles. The normalized spacial score (nSPS) is 11.6. The second kappa shape index (κ2) is 11.1. The fraction of sp³-hybridized carbons (Fsp3) is 0. The Morgan fingerprint density at radius 2 is 1.57 bits per heavy atom. The molecular weight excluding hydrogens is 689 g/mol. The van der Waals surface area contributed by atoms with E-state index in [4.69, 9.17) is 23.2 Å². The van der Waals surface area contributed by atoms with Crippen LogP contribution < -0.4 is 4.72 Å². The lowest BCUT2D eigenvalue weighted by molar-refractivity contribution is 0.0964. The van der Waals surface area contributed by atoms with E-state index in [1.807, 2.05) is 0 Å². The van der Waals surface area contributed by atoms with Crippen LogP contribution in [0.15, 0.2) is 76.4 Å². The van der Waals surface area contributed by atoms with Crippen LogP contribution in [-0.4, -0.2) is 29.7 Å². The van der Waals surface area contributed by atoms with E-state index in [9.17, 15) is 31.2 Å². The molecule has 0 fully saturated rings. The quantitative estimate of drug-likeness (QED) is 0.147. The van der Waals surface area contributed by atoms with Gasteiger partial charge in [-0.1, -0.05) is 29.3 Å². The SMILES string of the molecule is O=C(c1c(F)ccc(NS(=O)(=O)c2cc(F)ccc2F)c1F)c1cn(C(=O)c2c(Cl)cccc2Cl)c2ncc(Br)cc12. The summed E-state index contributed by atoms with van der Waals surface area (Å²) < 4.78 is 86.7. The lowest BCUT2D eigenvalue weighted by Crippen LogP contribution is -2.18. The van der Waals surface area contributed by atoms with Gasteiger partial charge in [-0.2, -0.15) is 0 Å². The average molecular weight is 701 g/mol. The number of ketones is 1. The highest BCUT2D eigenvalue weighted by atomic mass is 79.9. The van der Waals surface area contributed by atoms with Crippen LogP contribution in [0.5, 0.6) is 0 Å². The number of halogens is 7. The number of anilines is 1. The third-order valence-electron chi connectivity index (χ3n) is 6.00. The minimum absolute atomic E-state index is 0.00230. The predicted octanol–water partition coefficient (Wildman–Crippen LogP) is 7.38. The first-order valence-corrected chi connectivity index (χ1v) is 14.5. The molecule has 214 valence electrons. The number of fused-ring (bicyclic) bond motifs is 1. The molecule has 0 amide bonds. The number of carbonyl (C=O) groups is 2. The van der Waals surface area contributed by atoms with Crippen LogP contribution in [0.3, 0.4) is 0 Å². The third-order valence-corrected chi connectivity index (χ3v) is 8.44. The Hall–Kier alpha value is -3.78. The van der Waals surface area contributed by atoms with Gasteiger partial charge in [0.15, 0.2) is 5.82 Å². The predicted molar refractivity (Wildman–Crippen MR) is 151 cm³/mol. The van der Waals surface area contributed by atoms with Gasteiger partial charge in [0.2, 0.25) is 5.78 Å². The molecule has 5 rings (SSSR count). The second-order valence-corrected chi connectivity index (χ2v) is 12.0. The molecule has 5 aromatic rings. The van der Waals surface area contributed by atoms with Crippen molar-refractivity contribution in [3.8, 4) is 0 Å². The Morgan fingerprint density at radius 3 is 2.26 bits per heavy atom. The molecule has 1 N–H and O–H groups in total. The van der Waals surface area contributed by atoms with Gasteiger partial charge in [-0.15, -0.1) is 0 Å². The van der Waals surface area contributed by atoms with Crippen LogP contribution in [0.1, 0.15) is 26.3 Å². The first-order valence-electron chi connectivity index (χ1n) is 11.5. The monoisotopic (exact) mass is 699 g/mol. The lowest BCUT2D eigenvalue weighted by Gasteiger charge is -2.12. The Balaban J connectivity index is 1.63. The maximum atomic E-state index is 15.6. The summed E-state index contributed by atoms with van der Waals surface area (Å²) in [5.41, 5.74) is -2.71. The molecular formula is C27H12BrCl2F4N3O4S. The van der Waals surface area contributed by atoms with Gasteiger partial charge in [0.05, 0.1) is 32.4 Å². The summed E-state index contributed by atoms with van der Waals surface area (Å²) in [4.78, 5) is 30.1. The molecule has 2 heterocycles. The van der Waals surface area contributed by atoms with E-state index in [-0.39, 0.29) is 32.2 Å². The fourth-order valence-electron chi connectivity index (χ4n) is 4.10. The maximum absolute atomic E-state index is 15.6. The molecule has 0 aliphatic rings. The number of rotatable bonds is 6. The zero-order chi connectivity index (χ0) is 30.5. The van der Waals surface area contributed by atoms with Gasteiger partial charge in [-0.3, -0.25) is 18.9 Å². The fourth-order valence-corrected chi connectivity index (χ4v) is 6.14. The zero-order valence-electron chi connectivity index (χ0n) is 20.4. The van der Waals surface area contributed by atoms with Gasteiger partial charge < -0.3 is 0 Å². The van der Waals surface area contributed by atoms with Gasteiger partial charge in [-0.25, -0.2) is 31.0 Å². The number of benzene rings is 3. The molecule has 0 saturated carbocycles. The summed E-state index contributed by atoms with van der Waals surface area (Å²) in [7, 11) is -4.92. The first kappa shape index (κ1) is 29.7. The van der Waals surface area contributed by atoms with Gasteiger partial charge in [0.25, 0.3) is 15.9 Å². The Bertz CT molecular complexity index is 2050. The molecule has 0 aliphatic carbocycles. The van der Waals surface area contributed by atoms with E-state index < -0.39 is 61.1 Å². The zero-order valence-corrected chi connectivity index (χ0v) is 24.3. The summed E-state index contributed by atoms with van der Waals surface area (Å²) >= 11 is 15.6. The van der Waals surface area contributed by atoms with Crippen molar-refractivity contribution in [2.75, 3.05) is 4.72 Å². The van der Waals surface area contributed by atoms with Crippen molar-refractivity contribution in [1.82, 2.24) is 9.55 Å². The smallest absolute Gasteiger partial charge is 0.266 e. The largest absolute Gasteiger partial charge is 0.288 e. The molecule has 0 unspecified atom stereocenters. The first-order chi connectivity index (χ1) is 19.8. The average Bonchev–Trinajstić information content (AvgIpc) is 3.30. The van der Waals surface area contributed by atoms with Crippen LogP contribution in [0, 0.1) is 23.3 Å². The van der Waals surface area contributed by atoms with Gasteiger partial charge in [-0.05, 0) is 64.5 Å². The lowest BCUT2D eigenvalue weighted by atomic mass is 10.0. The topological polar surface area (TPSA) is 98.1 Å². The summed E-state index contributed by atoms with van der Waals surface area (Å²) in [5.74, 6) is -7.53. The Labute approximate surface area is 252 Å². The van der Waals surface area contributed by atoms with Crippen molar-refractivity contribution in [2.24, 2.45) is 0 Å². The number of sulfonamides is 1. The molecule has 0 bridgehead atoms. The number of pyridine rings is 1. The number of nitrogens with one attached hydrogen (secondary N) is 1. The van der Waals surface area contributed by atoms with Gasteiger partial charge in [0, 0.05) is 22.3 Å².